The largest absolute Gasteiger partial charge is 0.396 e. The van der Waals surface area contributed by atoms with Crippen molar-refractivity contribution in [3.05, 3.63) is 0 Å². The van der Waals surface area contributed by atoms with Crippen molar-refractivity contribution in [2.24, 2.45) is 11.3 Å². The molecule has 0 bridgehead atoms. The molecule has 1 aliphatic rings. The van der Waals surface area contributed by atoms with Gasteiger partial charge in [-0.05, 0) is 44.2 Å². The maximum atomic E-state index is 8.93. The van der Waals surface area contributed by atoms with Gasteiger partial charge in [-0.15, -0.1) is 0 Å². The molecule has 0 amide bonds. The first-order valence-corrected chi connectivity index (χ1v) is 7.62. The van der Waals surface area contributed by atoms with Crippen LogP contribution in [0.2, 0.25) is 0 Å². The smallest absolute Gasteiger partial charge is 0.0443 e. The van der Waals surface area contributed by atoms with Crippen LogP contribution in [-0.4, -0.2) is 49.8 Å². The summed E-state index contributed by atoms with van der Waals surface area (Å²) in [5, 5.41) is 12.5. The monoisotopic (exact) mass is 256 g/mol. The molecule has 2 atom stereocenters. The number of rotatable bonds is 8. The number of nitrogens with one attached hydrogen (secondary N) is 1. The molecule has 0 radical (unpaired) electrons. The molecule has 0 saturated heterocycles. The lowest BCUT2D eigenvalue weighted by molar-refractivity contribution is 0.0892. The maximum absolute atomic E-state index is 8.93. The summed E-state index contributed by atoms with van der Waals surface area (Å²) in [6, 6.07) is 0. The summed E-state index contributed by atoms with van der Waals surface area (Å²) in [4.78, 5) is 2.41. The van der Waals surface area contributed by atoms with Crippen LogP contribution in [0, 0.1) is 11.3 Å². The molecule has 0 heterocycles. The first kappa shape index (κ1) is 15.9. The zero-order chi connectivity index (χ0) is 13.4. The van der Waals surface area contributed by atoms with Crippen molar-refractivity contribution in [1.82, 2.24) is 10.2 Å². The van der Waals surface area contributed by atoms with E-state index in [1.807, 2.05) is 0 Å². The highest BCUT2D eigenvalue weighted by atomic mass is 16.3. The van der Waals surface area contributed by atoms with Crippen molar-refractivity contribution in [3.8, 4) is 0 Å². The average molecular weight is 256 g/mol. The molecule has 1 rings (SSSR count). The molecule has 0 aromatic heterocycles. The van der Waals surface area contributed by atoms with E-state index in [9.17, 15) is 0 Å². The molecular weight excluding hydrogens is 224 g/mol. The van der Waals surface area contributed by atoms with Gasteiger partial charge in [-0.2, -0.15) is 0 Å². The highest BCUT2D eigenvalue weighted by Crippen LogP contribution is 2.39. The Labute approximate surface area is 113 Å². The van der Waals surface area contributed by atoms with E-state index in [-0.39, 0.29) is 0 Å². The molecule has 2 N–H and O–H groups in total. The minimum atomic E-state index is 0.307. The minimum absolute atomic E-state index is 0.307. The van der Waals surface area contributed by atoms with E-state index >= 15 is 0 Å². The lowest BCUT2D eigenvalue weighted by Gasteiger charge is -2.43. The fourth-order valence-corrected chi connectivity index (χ4v) is 3.51. The van der Waals surface area contributed by atoms with Crippen LogP contribution in [0.3, 0.4) is 0 Å². The second-order valence-corrected chi connectivity index (χ2v) is 6.30. The summed E-state index contributed by atoms with van der Waals surface area (Å²) in [7, 11) is 2.20. The average Bonchev–Trinajstić information content (AvgIpc) is 2.34. The van der Waals surface area contributed by atoms with Crippen LogP contribution < -0.4 is 5.32 Å². The SMILES string of the molecule is CCNCC1(CN(C)CCCO)CCCC(C)C1. The van der Waals surface area contributed by atoms with Gasteiger partial charge in [0.25, 0.3) is 0 Å². The van der Waals surface area contributed by atoms with Gasteiger partial charge in [0.15, 0.2) is 0 Å². The second kappa shape index (κ2) is 8.13. The third kappa shape index (κ3) is 5.25. The van der Waals surface area contributed by atoms with Crippen LogP contribution in [0.4, 0.5) is 0 Å². The molecule has 108 valence electrons. The fourth-order valence-electron chi connectivity index (χ4n) is 3.51. The molecule has 18 heavy (non-hydrogen) atoms. The molecule has 1 fully saturated rings. The number of hydrogen-bond donors (Lipinski definition) is 2. The van der Waals surface area contributed by atoms with Crippen LogP contribution in [-0.2, 0) is 0 Å². The minimum Gasteiger partial charge on any atom is -0.396 e. The standard InChI is InChI=1S/C15H32N2O/c1-4-16-12-15(8-5-7-14(2)11-15)13-17(3)9-6-10-18/h14,16,18H,4-13H2,1-3H3. The van der Waals surface area contributed by atoms with Crippen molar-refractivity contribution in [2.75, 3.05) is 39.8 Å². The first-order valence-electron chi connectivity index (χ1n) is 7.62. The maximum Gasteiger partial charge on any atom is 0.0443 e. The van der Waals surface area contributed by atoms with Crippen LogP contribution >= 0.6 is 0 Å². The predicted octanol–water partition coefficient (Wildman–Crippen LogP) is 2.11. The summed E-state index contributed by atoms with van der Waals surface area (Å²) in [5.41, 5.74) is 0.456. The number of aliphatic hydroxyl groups is 1. The molecule has 0 aromatic rings. The van der Waals surface area contributed by atoms with Gasteiger partial charge in [0.05, 0.1) is 0 Å². The van der Waals surface area contributed by atoms with Crippen molar-refractivity contribution in [1.29, 1.82) is 0 Å². The summed E-state index contributed by atoms with van der Waals surface area (Å²) in [5.74, 6) is 0.864. The van der Waals surface area contributed by atoms with Gasteiger partial charge in [0, 0.05) is 26.2 Å². The highest BCUT2D eigenvalue weighted by Gasteiger charge is 2.35. The van der Waals surface area contributed by atoms with Gasteiger partial charge in [-0.1, -0.05) is 26.7 Å². The van der Waals surface area contributed by atoms with E-state index < -0.39 is 0 Å². The Hall–Kier alpha value is -0.120. The predicted molar refractivity (Wildman–Crippen MR) is 77.8 cm³/mol. The third-order valence-corrected chi connectivity index (χ3v) is 4.24. The van der Waals surface area contributed by atoms with Gasteiger partial charge in [-0.25, -0.2) is 0 Å². The fraction of sp³-hybridized carbons (Fsp3) is 1.00. The van der Waals surface area contributed by atoms with E-state index in [1.165, 1.54) is 32.2 Å². The Morgan fingerprint density at radius 1 is 1.44 bits per heavy atom. The van der Waals surface area contributed by atoms with E-state index in [0.717, 1.165) is 32.0 Å². The Balaban J connectivity index is 2.53. The van der Waals surface area contributed by atoms with Crippen molar-refractivity contribution < 1.29 is 5.11 Å². The first-order chi connectivity index (χ1) is 8.62. The lowest BCUT2D eigenvalue weighted by Crippen LogP contribution is -2.46. The summed E-state index contributed by atoms with van der Waals surface area (Å²) < 4.78 is 0. The molecule has 1 saturated carbocycles. The molecular formula is C15H32N2O. The quantitative estimate of drug-likeness (QED) is 0.698. The van der Waals surface area contributed by atoms with Crippen LogP contribution in [0.1, 0.15) is 46.0 Å². The van der Waals surface area contributed by atoms with Gasteiger partial charge in [0.1, 0.15) is 0 Å². The van der Waals surface area contributed by atoms with Crippen LogP contribution in [0.25, 0.3) is 0 Å². The van der Waals surface area contributed by atoms with Gasteiger partial charge in [-0.3, -0.25) is 0 Å². The summed E-state index contributed by atoms with van der Waals surface area (Å²) >= 11 is 0. The molecule has 3 nitrogen and oxygen atoms in total. The van der Waals surface area contributed by atoms with E-state index in [2.05, 4.69) is 31.1 Å². The Morgan fingerprint density at radius 2 is 2.22 bits per heavy atom. The van der Waals surface area contributed by atoms with Crippen molar-refractivity contribution in [2.45, 2.75) is 46.0 Å². The number of hydrogen-bond acceptors (Lipinski definition) is 3. The zero-order valence-electron chi connectivity index (χ0n) is 12.5. The third-order valence-electron chi connectivity index (χ3n) is 4.24. The van der Waals surface area contributed by atoms with Gasteiger partial charge >= 0.3 is 0 Å². The summed E-state index contributed by atoms with van der Waals surface area (Å²) in [6.07, 6.45) is 6.37. The van der Waals surface area contributed by atoms with Gasteiger partial charge in [0.2, 0.25) is 0 Å². The van der Waals surface area contributed by atoms with Crippen LogP contribution in [0.15, 0.2) is 0 Å². The Bertz CT molecular complexity index is 223. The summed E-state index contributed by atoms with van der Waals surface area (Å²) in [6.45, 7) is 9.29. The molecule has 0 aromatic carbocycles. The second-order valence-electron chi connectivity index (χ2n) is 6.30. The van der Waals surface area contributed by atoms with Gasteiger partial charge < -0.3 is 15.3 Å². The number of nitrogens with zero attached hydrogens (tertiary/aromatic N) is 1. The molecule has 0 spiro atoms. The Kier molecular flexibility index (Phi) is 7.20. The van der Waals surface area contributed by atoms with Crippen molar-refractivity contribution in [3.63, 3.8) is 0 Å². The van der Waals surface area contributed by atoms with E-state index in [1.54, 1.807) is 0 Å². The molecule has 3 heteroatoms. The molecule has 0 aliphatic heterocycles. The van der Waals surface area contributed by atoms with E-state index in [0.29, 0.717) is 12.0 Å². The topological polar surface area (TPSA) is 35.5 Å². The normalized spacial score (nSPS) is 28.8. The lowest BCUT2D eigenvalue weighted by atomic mass is 9.69. The Morgan fingerprint density at radius 3 is 2.83 bits per heavy atom. The number of aliphatic hydroxyl groups excluding tert-OH is 1. The highest BCUT2D eigenvalue weighted by molar-refractivity contribution is 4.89. The van der Waals surface area contributed by atoms with Crippen molar-refractivity contribution >= 4 is 0 Å². The zero-order valence-corrected chi connectivity index (χ0v) is 12.5. The van der Waals surface area contributed by atoms with Crippen LogP contribution in [0.5, 0.6) is 0 Å². The molecule has 1 aliphatic carbocycles. The molecule has 2 unspecified atom stereocenters. The van der Waals surface area contributed by atoms with E-state index in [4.69, 9.17) is 5.11 Å².